The number of hydrogen-bond donors (Lipinski definition) is 1. The highest BCUT2D eigenvalue weighted by Crippen LogP contribution is 2.26. The normalized spacial score (nSPS) is 9.94. The van der Waals surface area contributed by atoms with Gasteiger partial charge in [-0.3, -0.25) is 0 Å². The molecule has 1 aromatic rings. The van der Waals surface area contributed by atoms with E-state index in [4.69, 9.17) is 16.3 Å². The summed E-state index contributed by atoms with van der Waals surface area (Å²) in [5.74, 6) is 6.47. The molecule has 92 valence electrons. The molecule has 0 bridgehead atoms. The summed E-state index contributed by atoms with van der Waals surface area (Å²) < 4.78 is 5.59. The van der Waals surface area contributed by atoms with E-state index in [0.29, 0.717) is 19.2 Å². The Morgan fingerprint density at radius 1 is 1.41 bits per heavy atom. The predicted molar refractivity (Wildman–Crippen MR) is 72.4 cm³/mol. The molecule has 0 unspecified atom stereocenters. The molecule has 0 fully saturated rings. The molecule has 0 heterocycles. The summed E-state index contributed by atoms with van der Waals surface area (Å²) in [6.45, 7) is 7.08. The minimum atomic E-state index is 0.394. The zero-order valence-electron chi connectivity index (χ0n) is 10.5. The van der Waals surface area contributed by atoms with Gasteiger partial charge in [0.25, 0.3) is 0 Å². The minimum absolute atomic E-state index is 0.394. The highest BCUT2D eigenvalue weighted by Gasteiger charge is 2.08. The molecule has 0 radical (unpaired) electrons. The van der Waals surface area contributed by atoms with Gasteiger partial charge < -0.3 is 10.1 Å². The molecule has 0 saturated carbocycles. The molecule has 1 N–H and O–H groups in total. The lowest BCUT2D eigenvalue weighted by atomic mass is 10.2. The van der Waals surface area contributed by atoms with Crippen molar-refractivity contribution < 1.29 is 4.74 Å². The van der Waals surface area contributed by atoms with Crippen molar-refractivity contribution in [2.45, 2.75) is 33.4 Å². The van der Waals surface area contributed by atoms with E-state index in [1.54, 1.807) is 6.92 Å². The molecule has 17 heavy (non-hydrogen) atoms. The van der Waals surface area contributed by atoms with E-state index in [2.05, 4.69) is 31.0 Å². The molecule has 0 saturated heterocycles. The van der Waals surface area contributed by atoms with Gasteiger partial charge in [-0.2, -0.15) is 0 Å². The number of nitrogens with one attached hydrogen (secondary N) is 1. The van der Waals surface area contributed by atoms with Crippen LogP contribution < -0.4 is 10.1 Å². The van der Waals surface area contributed by atoms with Gasteiger partial charge in [-0.05, 0) is 19.1 Å². The van der Waals surface area contributed by atoms with Gasteiger partial charge in [0.2, 0.25) is 0 Å². The average Bonchev–Trinajstić information content (AvgIpc) is 2.28. The number of ether oxygens (including phenoxy) is 1. The van der Waals surface area contributed by atoms with Gasteiger partial charge in [0.15, 0.2) is 0 Å². The minimum Gasteiger partial charge on any atom is -0.481 e. The average molecular weight is 252 g/mol. The van der Waals surface area contributed by atoms with Crippen molar-refractivity contribution in [3.05, 3.63) is 28.8 Å². The van der Waals surface area contributed by atoms with Crippen molar-refractivity contribution in [1.29, 1.82) is 0 Å². The van der Waals surface area contributed by atoms with Crippen LogP contribution in [-0.2, 0) is 6.54 Å². The van der Waals surface area contributed by atoms with Gasteiger partial charge >= 0.3 is 0 Å². The van der Waals surface area contributed by atoms with Gasteiger partial charge in [-0.15, -0.1) is 5.92 Å². The first kappa shape index (κ1) is 13.9. The number of hydrogen-bond acceptors (Lipinski definition) is 2. The van der Waals surface area contributed by atoms with Crippen molar-refractivity contribution in [2.75, 3.05) is 6.61 Å². The molecule has 1 aromatic carbocycles. The molecule has 3 heteroatoms. The van der Waals surface area contributed by atoms with Gasteiger partial charge in [0, 0.05) is 23.2 Å². The molecule has 0 aromatic heterocycles. The van der Waals surface area contributed by atoms with Crippen LogP contribution in [0.4, 0.5) is 0 Å². The van der Waals surface area contributed by atoms with Crippen LogP contribution in [0.2, 0.25) is 5.02 Å². The molecular formula is C14H18ClNO. The summed E-state index contributed by atoms with van der Waals surface area (Å²) in [4.78, 5) is 0. The number of rotatable bonds is 5. The lowest BCUT2D eigenvalue weighted by Gasteiger charge is -2.13. The Morgan fingerprint density at radius 3 is 2.82 bits per heavy atom. The van der Waals surface area contributed by atoms with Gasteiger partial charge in [-0.25, -0.2) is 0 Å². The largest absolute Gasteiger partial charge is 0.481 e. The zero-order chi connectivity index (χ0) is 12.7. The summed E-state index contributed by atoms with van der Waals surface area (Å²) in [7, 11) is 0. The smallest absolute Gasteiger partial charge is 0.149 e. The lowest BCUT2D eigenvalue weighted by molar-refractivity contribution is 0.364. The second kappa shape index (κ2) is 7.21. The maximum atomic E-state index is 6.17. The highest BCUT2D eigenvalue weighted by molar-refractivity contribution is 6.31. The van der Waals surface area contributed by atoms with E-state index >= 15 is 0 Å². The third-order valence-corrected chi connectivity index (χ3v) is 2.59. The van der Waals surface area contributed by atoms with Crippen molar-refractivity contribution in [2.24, 2.45) is 0 Å². The first-order valence-electron chi connectivity index (χ1n) is 5.68. The van der Waals surface area contributed by atoms with Crippen LogP contribution in [0.1, 0.15) is 26.3 Å². The molecule has 0 atom stereocenters. The summed E-state index contributed by atoms with van der Waals surface area (Å²) in [6.07, 6.45) is 0. The maximum absolute atomic E-state index is 6.17. The number of halogens is 1. The Bertz CT molecular complexity index is 418. The topological polar surface area (TPSA) is 21.3 Å². The van der Waals surface area contributed by atoms with E-state index in [0.717, 1.165) is 16.3 Å². The van der Waals surface area contributed by atoms with Gasteiger partial charge in [0.1, 0.15) is 12.4 Å². The van der Waals surface area contributed by atoms with Crippen LogP contribution in [-0.4, -0.2) is 12.6 Å². The van der Waals surface area contributed by atoms with Crippen LogP contribution in [0.3, 0.4) is 0 Å². The van der Waals surface area contributed by atoms with E-state index < -0.39 is 0 Å². The van der Waals surface area contributed by atoms with E-state index in [1.165, 1.54) is 0 Å². The fraction of sp³-hybridized carbons (Fsp3) is 0.429. The Balaban J connectivity index is 2.78. The zero-order valence-corrected chi connectivity index (χ0v) is 11.3. The summed E-state index contributed by atoms with van der Waals surface area (Å²) in [6, 6.07) is 6.09. The third kappa shape index (κ3) is 4.68. The molecule has 0 aliphatic heterocycles. The van der Waals surface area contributed by atoms with E-state index in [-0.39, 0.29) is 0 Å². The maximum Gasteiger partial charge on any atom is 0.149 e. The highest BCUT2D eigenvalue weighted by atomic mass is 35.5. The predicted octanol–water partition coefficient (Wildman–Crippen LogP) is 3.24. The van der Waals surface area contributed by atoms with Gasteiger partial charge in [0.05, 0.1) is 0 Å². The number of benzene rings is 1. The third-order valence-electron chi connectivity index (χ3n) is 2.24. The van der Waals surface area contributed by atoms with Crippen molar-refractivity contribution >= 4 is 11.6 Å². The Morgan fingerprint density at radius 2 is 2.18 bits per heavy atom. The molecule has 2 nitrogen and oxygen atoms in total. The van der Waals surface area contributed by atoms with Crippen LogP contribution in [0, 0.1) is 11.8 Å². The molecular weight excluding hydrogens is 234 g/mol. The van der Waals surface area contributed by atoms with Crippen molar-refractivity contribution in [3.63, 3.8) is 0 Å². The van der Waals surface area contributed by atoms with Crippen molar-refractivity contribution in [1.82, 2.24) is 5.32 Å². The summed E-state index contributed by atoms with van der Waals surface area (Å²) in [5, 5.41) is 4.06. The molecule has 0 aliphatic rings. The standard InChI is InChI=1S/C14H18ClNO/c1-4-5-9-17-14-8-6-7-13(15)12(14)10-16-11(2)3/h6-8,11,16H,9-10H2,1-3H3. The monoisotopic (exact) mass is 251 g/mol. The molecule has 0 aliphatic carbocycles. The van der Waals surface area contributed by atoms with E-state index in [1.807, 2.05) is 18.2 Å². The van der Waals surface area contributed by atoms with Crippen LogP contribution >= 0.6 is 11.6 Å². The van der Waals surface area contributed by atoms with Crippen LogP contribution in [0.5, 0.6) is 5.75 Å². The van der Waals surface area contributed by atoms with E-state index in [9.17, 15) is 0 Å². The second-order valence-electron chi connectivity index (χ2n) is 3.97. The molecule has 0 amide bonds. The Labute approximate surface area is 108 Å². The van der Waals surface area contributed by atoms with Gasteiger partial charge in [-0.1, -0.05) is 37.4 Å². The summed E-state index contributed by atoms with van der Waals surface area (Å²) in [5.41, 5.74) is 0.987. The SMILES string of the molecule is CC#CCOc1cccc(Cl)c1CNC(C)C. The Kier molecular flexibility index (Phi) is 5.90. The molecule has 0 spiro atoms. The first-order valence-corrected chi connectivity index (χ1v) is 6.06. The van der Waals surface area contributed by atoms with Crippen LogP contribution in [0.25, 0.3) is 0 Å². The summed E-state index contributed by atoms with van der Waals surface area (Å²) >= 11 is 6.17. The fourth-order valence-corrected chi connectivity index (χ4v) is 1.57. The Hall–Kier alpha value is -1.17. The fourth-order valence-electron chi connectivity index (χ4n) is 1.34. The van der Waals surface area contributed by atoms with Crippen LogP contribution in [0.15, 0.2) is 18.2 Å². The second-order valence-corrected chi connectivity index (χ2v) is 4.37. The quantitative estimate of drug-likeness (QED) is 0.812. The molecule has 1 rings (SSSR count). The van der Waals surface area contributed by atoms with Crippen molar-refractivity contribution in [3.8, 4) is 17.6 Å². The first-order chi connectivity index (χ1) is 8.15. The lowest BCUT2D eigenvalue weighted by Crippen LogP contribution is -2.22.